The number of nitrogens with zero attached hydrogens (tertiary/aromatic N) is 2. The minimum absolute atomic E-state index is 0.126. The predicted molar refractivity (Wildman–Crippen MR) is 91.0 cm³/mol. The number of nitrogen functional groups attached to an aromatic ring is 1. The number of nitrogens with two attached hydrogens (primary N) is 1. The average molecular weight is 397 g/mol. The molecule has 2 aromatic rings. The Hall–Kier alpha value is -1.74. The van der Waals surface area contributed by atoms with E-state index >= 15 is 0 Å². The van der Waals surface area contributed by atoms with Gasteiger partial charge in [-0.05, 0) is 40.8 Å². The lowest BCUT2D eigenvalue weighted by Crippen LogP contribution is -2.20. The number of aromatic nitrogens is 2. The van der Waals surface area contributed by atoms with E-state index in [1.807, 2.05) is 38.1 Å². The summed E-state index contributed by atoms with van der Waals surface area (Å²) in [6, 6.07) is 7.52. The lowest BCUT2D eigenvalue weighted by Gasteiger charge is -2.11. The highest BCUT2D eigenvalue weighted by Gasteiger charge is 2.16. The van der Waals surface area contributed by atoms with Gasteiger partial charge >= 0.3 is 0 Å². The Kier molecular flexibility index (Phi) is 5.07. The number of hydrogen-bond donors (Lipinski definition) is 3. The summed E-state index contributed by atoms with van der Waals surface area (Å²) < 4.78 is 1.04. The van der Waals surface area contributed by atoms with Gasteiger partial charge in [-0.25, -0.2) is 9.97 Å². The van der Waals surface area contributed by atoms with E-state index < -0.39 is 0 Å². The van der Waals surface area contributed by atoms with Crippen LogP contribution in [-0.2, 0) is 0 Å². The van der Waals surface area contributed by atoms with Crippen molar-refractivity contribution in [2.24, 2.45) is 5.84 Å². The van der Waals surface area contributed by atoms with Crippen LogP contribution in [0.15, 0.2) is 30.5 Å². The Morgan fingerprint density at radius 3 is 2.76 bits per heavy atom. The SMILES string of the molecule is CC(C)c1ncc(NN)c(C(=O)Nc2cccc(I)c2)n1. The molecular formula is C14H16IN5O. The van der Waals surface area contributed by atoms with Gasteiger partial charge in [0.2, 0.25) is 0 Å². The summed E-state index contributed by atoms with van der Waals surface area (Å²) in [5.41, 5.74) is 3.78. The van der Waals surface area contributed by atoms with Crippen LogP contribution < -0.4 is 16.6 Å². The molecule has 4 N–H and O–H groups in total. The van der Waals surface area contributed by atoms with Crippen molar-refractivity contribution in [3.05, 3.63) is 45.6 Å². The van der Waals surface area contributed by atoms with Gasteiger partial charge in [-0.15, -0.1) is 0 Å². The largest absolute Gasteiger partial charge is 0.321 e. The number of carbonyl (C=O) groups excluding carboxylic acids is 1. The number of hydrogen-bond acceptors (Lipinski definition) is 5. The molecule has 1 aromatic heterocycles. The molecule has 0 spiro atoms. The van der Waals surface area contributed by atoms with E-state index in [1.54, 1.807) is 0 Å². The molecule has 0 aliphatic rings. The number of hydrazine groups is 1. The van der Waals surface area contributed by atoms with Crippen molar-refractivity contribution >= 4 is 39.9 Å². The normalized spacial score (nSPS) is 10.5. The Labute approximate surface area is 136 Å². The maximum absolute atomic E-state index is 12.4. The second-order valence-electron chi connectivity index (χ2n) is 4.75. The molecule has 2 rings (SSSR count). The summed E-state index contributed by atoms with van der Waals surface area (Å²) in [5.74, 6) is 5.82. The van der Waals surface area contributed by atoms with Crippen LogP contribution >= 0.6 is 22.6 Å². The third-order valence-corrected chi connectivity index (χ3v) is 3.45. The quantitative estimate of drug-likeness (QED) is 0.419. The summed E-state index contributed by atoms with van der Waals surface area (Å²) in [7, 11) is 0. The maximum atomic E-state index is 12.4. The first kappa shape index (κ1) is 15.6. The van der Waals surface area contributed by atoms with Crippen molar-refractivity contribution in [3.8, 4) is 0 Å². The third-order valence-electron chi connectivity index (χ3n) is 2.78. The van der Waals surface area contributed by atoms with Crippen LogP contribution in [0, 0.1) is 3.57 Å². The van der Waals surface area contributed by atoms with E-state index in [0.717, 1.165) is 3.57 Å². The van der Waals surface area contributed by atoms with E-state index in [-0.39, 0.29) is 17.5 Å². The molecule has 0 aliphatic carbocycles. The van der Waals surface area contributed by atoms with Crippen LogP contribution in [0.3, 0.4) is 0 Å². The van der Waals surface area contributed by atoms with Gasteiger partial charge in [-0.1, -0.05) is 19.9 Å². The third kappa shape index (κ3) is 3.88. The van der Waals surface area contributed by atoms with Gasteiger partial charge in [0.15, 0.2) is 5.69 Å². The lowest BCUT2D eigenvalue weighted by atomic mass is 10.2. The van der Waals surface area contributed by atoms with Crippen LogP contribution in [-0.4, -0.2) is 15.9 Å². The van der Waals surface area contributed by atoms with Crippen LogP contribution in [0.5, 0.6) is 0 Å². The summed E-state index contributed by atoms with van der Waals surface area (Å²) >= 11 is 2.19. The fourth-order valence-corrected chi connectivity index (χ4v) is 2.25. The highest BCUT2D eigenvalue weighted by atomic mass is 127. The molecule has 110 valence electrons. The monoisotopic (exact) mass is 397 g/mol. The second kappa shape index (κ2) is 6.81. The highest BCUT2D eigenvalue weighted by Crippen LogP contribution is 2.18. The van der Waals surface area contributed by atoms with Gasteiger partial charge in [0.25, 0.3) is 5.91 Å². The molecule has 0 fully saturated rings. The first-order valence-corrected chi connectivity index (χ1v) is 7.49. The van der Waals surface area contributed by atoms with E-state index in [1.165, 1.54) is 6.20 Å². The number of rotatable bonds is 4. The van der Waals surface area contributed by atoms with Gasteiger partial charge in [0.1, 0.15) is 5.82 Å². The van der Waals surface area contributed by atoms with Gasteiger partial charge < -0.3 is 10.7 Å². The molecule has 0 saturated heterocycles. The molecule has 0 radical (unpaired) electrons. The first-order valence-electron chi connectivity index (χ1n) is 6.41. The number of nitrogens with one attached hydrogen (secondary N) is 2. The van der Waals surface area contributed by atoms with Crippen LogP contribution in [0.4, 0.5) is 11.4 Å². The molecule has 1 heterocycles. The zero-order valence-corrected chi connectivity index (χ0v) is 13.9. The Morgan fingerprint density at radius 1 is 1.38 bits per heavy atom. The second-order valence-corrected chi connectivity index (χ2v) is 6.00. The molecule has 7 heteroatoms. The van der Waals surface area contributed by atoms with Gasteiger partial charge in [-0.3, -0.25) is 10.6 Å². The van der Waals surface area contributed by atoms with Gasteiger partial charge in [-0.2, -0.15) is 0 Å². The van der Waals surface area contributed by atoms with Crippen molar-refractivity contribution in [2.45, 2.75) is 19.8 Å². The zero-order chi connectivity index (χ0) is 15.4. The van der Waals surface area contributed by atoms with Crippen molar-refractivity contribution in [1.82, 2.24) is 9.97 Å². The van der Waals surface area contributed by atoms with E-state index in [9.17, 15) is 4.79 Å². The highest BCUT2D eigenvalue weighted by molar-refractivity contribution is 14.1. The fraction of sp³-hybridized carbons (Fsp3) is 0.214. The Balaban J connectivity index is 2.31. The summed E-state index contributed by atoms with van der Waals surface area (Å²) in [6.07, 6.45) is 1.52. The fourth-order valence-electron chi connectivity index (χ4n) is 1.71. The van der Waals surface area contributed by atoms with Crippen molar-refractivity contribution < 1.29 is 4.79 Å². The van der Waals surface area contributed by atoms with Gasteiger partial charge in [0, 0.05) is 15.2 Å². The van der Waals surface area contributed by atoms with Crippen molar-refractivity contribution in [2.75, 3.05) is 10.7 Å². The zero-order valence-electron chi connectivity index (χ0n) is 11.7. The molecule has 0 bridgehead atoms. The molecule has 21 heavy (non-hydrogen) atoms. The summed E-state index contributed by atoms with van der Waals surface area (Å²) in [4.78, 5) is 20.9. The molecule has 1 amide bonds. The summed E-state index contributed by atoms with van der Waals surface area (Å²) in [6.45, 7) is 3.93. The minimum atomic E-state index is -0.325. The molecule has 1 aromatic carbocycles. The van der Waals surface area contributed by atoms with E-state index in [2.05, 4.69) is 43.3 Å². The number of benzene rings is 1. The van der Waals surface area contributed by atoms with Crippen molar-refractivity contribution in [1.29, 1.82) is 0 Å². The number of anilines is 2. The average Bonchev–Trinajstić information content (AvgIpc) is 2.46. The van der Waals surface area contributed by atoms with Crippen LogP contribution in [0.1, 0.15) is 36.1 Å². The van der Waals surface area contributed by atoms with E-state index in [4.69, 9.17) is 5.84 Å². The number of halogens is 1. The molecule has 0 unspecified atom stereocenters. The minimum Gasteiger partial charge on any atom is -0.321 e. The predicted octanol–water partition coefficient (Wildman–Crippen LogP) is 2.74. The van der Waals surface area contributed by atoms with Crippen LogP contribution in [0.2, 0.25) is 0 Å². The molecule has 0 aliphatic heterocycles. The topological polar surface area (TPSA) is 92.9 Å². The first-order chi connectivity index (χ1) is 10.0. The standard InChI is InChI=1S/C14H16IN5O/c1-8(2)13-17-7-11(20-16)12(19-13)14(21)18-10-5-3-4-9(15)6-10/h3-8,20H,16H2,1-2H3,(H,18,21). The molecule has 6 nitrogen and oxygen atoms in total. The van der Waals surface area contributed by atoms with Crippen molar-refractivity contribution in [3.63, 3.8) is 0 Å². The Bertz CT molecular complexity index is 660. The Morgan fingerprint density at radius 2 is 2.14 bits per heavy atom. The van der Waals surface area contributed by atoms with Gasteiger partial charge in [0.05, 0.1) is 11.9 Å². The smallest absolute Gasteiger partial charge is 0.276 e. The number of amides is 1. The van der Waals surface area contributed by atoms with Crippen LogP contribution in [0.25, 0.3) is 0 Å². The molecular weight excluding hydrogens is 381 g/mol. The lowest BCUT2D eigenvalue weighted by molar-refractivity contribution is 0.102. The summed E-state index contributed by atoms with van der Waals surface area (Å²) in [5, 5.41) is 2.81. The molecule has 0 atom stereocenters. The van der Waals surface area contributed by atoms with E-state index in [0.29, 0.717) is 17.2 Å². The molecule has 0 saturated carbocycles. The maximum Gasteiger partial charge on any atom is 0.276 e. The number of carbonyl (C=O) groups is 1.